The Morgan fingerprint density at radius 1 is 1.10 bits per heavy atom. The van der Waals surface area contributed by atoms with E-state index in [4.69, 9.17) is 4.74 Å². The molecule has 0 fully saturated rings. The van der Waals surface area contributed by atoms with Gasteiger partial charge in [0.1, 0.15) is 0 Å². The first-order chi connectivity index (χ1) is 14.5. The van der Waals surface area contributed by atoms with Gasteiger partial charge in [0.05, 0.1) is 0 Å². The zero-order valence-corrected chi connectivity index (χ0v) is 17.3. The minimum Gasteiger partial charge on any atom is -0.453 e. The van der Waals surface area contributed by atoms with E-state index in [-0.39, 0.29) is 18.1 Å². The zero-order chi connectivity index (χ0) is 21.5. The highest BCUT2D eigenvalue weighted by molar-refractivity contribution is 6.16. The number of ether oxygens (including phenoxy) is 1. The Morgan fingerprint density at radius 3 is 2.40 bits per heavy atom. The molecule has 2 aromatic carbocycles. The van der Waals surface area contributed by atoms with Crippen LogP contribution in [-0.2, 0) is 9.53 Å². The molecule has 3 aromatic rings. The van der Waals surface area contributed by atoms with Crippen LogP contribution in [0, 0.1) is 6.92 Å². The summed E-state index contributed by atoms with van der Waals surface area (Å²) in [6.45, 7) is 5.57. The predicted molar refractivity (Wildman–Crippen MR) is 114 cm³/mol. The third-order valence-corrected chi connectivity index (χ3v) is 4.91. The second-order valence-electron chi connectivity index (χ2n) is 7.01. The average Bonchev–Trinajstić information content (AvgIpc) is 3.21. The minimum atomic E-state index is -0.682. The Morgan fingerprint density at radius 2 is 1.80 bits per heavy atom. The van der Waals surface area contributed by atoms with Crippen molar-refractivity contribution >= 4 is 23.5 Å². The molecule has 0 spiro atoms. The number of aromatic nitrogens is 4. The fourth-order valence-corrected chi connectivity index (χ4v) is 2.89. The lowest BCUT2D eigenvalue weighted by atomic mass is 9.97. The molecule has 30 heavy (non-hydrogen) atoms. The van der Waals surface area contributed by atoms with E-state index < -0.39 is 5.97 Å². The first kappa shape index (κ1) is 21.1. The maximum atomic E-state index is 12.8. The van der Waals surface area contributed by atoms with Crippen LogP contribution in [0.3, 0.4) is 0 Å². The number of nitrogens with zero attached hydrogens (tertiary/aromatic N) is 4. The van der Waals surface area contributed by atoms with Crippen molar-refractivity contribution < 1.29 is 14.3 Å². The molecule has 0 amide bonds. The summed E-state index contributed by atoms with van der Waals surface area (Å²) in [6, 6.07) is 16.7. The summed E-state index contributed by atoms with van der Waals surface area (Å²) in [7, 11) is 0. The number of rotatable bonds is 8. The van der Waals surface area contributed by atoms with Gasteiger partial charge in [-0.15, -0.1) is 5.10 Å². The van der Waals surface area contributed by atoms with Gasteiger partial charge in [0, 0.05) is 5.56 Å². The number of esters is 1. The van der Waals surface area contributed by atoms with Crippen LogP contribution >= 0.6 is 0 Å². The summed E-state index contributed by atoms with van der Waals surface area (Å²) in [6.07, 6.45) is 2.65. The van der Waals surface area contributed by atoms with Gasteiger partial charge in [-0.3, -0.25) is 4.79 Å². The van der Waals surface area contributed by atoms with E-state index in [1.807, 2.05) is 42.5 Å². The quantitative estimate of drug-likeness (QED) is 0.321. The largest absolute Gasteiger partial charge is 0.453 e. The number of ketones is 1. The monoisotopic (exact) mass is 404 g/mol. The highest BCUT2D eigenvalue weighted by Crippen LogP contribution is 2.19. The fraction of sp³-hybridized carbons (Fsp3) is 0.261. The van der Waals surface area contributed by atoms with Crippen LogP contribution in [0.1, 0.15) is 53.5 Å². The Kier molecular flexibility index (Phi) is 6.85. The first-order valence-corrected chi connectivity index (χ1v) is 9.82. The Bertz CT molecular complexity index is 1040. The molecule has 0 aliphatic rings. The van der Waals surface area contributed by atoms with Crippen molar-refractivity contribution in [3.63, 3.8) is 0 Å². The predicted octanol–water partition coefficient (Wildman–Crippen LogP) is 3.92. The van der Waals surface area contributed by atoms with Crippen LogP contribution in [0.2, 0.25) is 0 Å². The molecule has 7 heteroatoms. The number of benzene rings is 2. The molecule has 3 rings (SSSR count). The van der Waals surface area contributed by atoms with Gasteiger partial charge in [0.2, 0.25) is 0 Å². The number of aryl methyl sites for hydroxylation is 1. The summed E-state index contributed by atoms with van der Waals surface area (Å²) >= 11 is 0. The Labute approximate surface area is 175 Å². The molecule has 0 bridgehead atoms. The second kappa shape index (κ2) is 9.73. The van der Waals surface area contributed by atoms with Crippen LogP contribution in [0.25, 0.3) is 11.8 Å². The molecule has 154 valence electrons. The van der Waals surface area contributed by atoms with Gasteiger partial charge in [0.25, 0.3) is 0 Å². The average molecular weight is 404 g/mol. The molecule has 0 saturated carbocycles. The van der Waals surface area contributed by atoms with Crippen LogP contribution in [0.5, 0.6) is 0 Å². The summed E-state index contributed by atoms with van der Waals surface area (Å²) in [5.74, 6) is -0.0938. The SMILES string of the molecule is CC[C@@H](C)c1ccc(C(=O)COC(=O)/C(=C/c2ccccc2)n2nnnc2C)cc1. The van der Waals surface area contributed by atoms with Crippen molar-refractivity contribution in [2.24, 2.45) is 0 Å². The summed E-state index contributed by atoms with van der Waals surface area (Å²) < 4.78 is 6.59. The molecule has 0 unspecified atom stereocenters. The summed E-state index contributed by atoms with van der Waals surface area (Å²) in [4.78, 5) is 25.2. The maximum absolute atomic E-state index is 12.8. The van der Waals surface area contributed by atoms with Crippen molar-refractivity contribution in [1.82, 2.24) is 20.2 Å². The van der Waals surface area contributed by atoms with Crippen molar-refractivity contribution in [2.45, 2.75) is 33.1 Å². The highest BCUT2D eigenvalue weighted by atomic mass is 16.5. The normalized spacial score (nSPS) is 12.4. The first-order valence-electron chi connectivity index (χ1n) is 9.82. The summed E-state index contributed by atoms with van der Waals surface area (Å²) in [5.41, 5.74) is 2.59. The standard InChI is InChI=1S/C23H24N4O3/c1-4-16(2)19-10-12-20(13-11-19)22(28)15-30-23(29)21(27-17(3)24-25-26-27)14-18-8-6-5-7-9-18/h5-14,16H,4,15H2,1-3H3/b21-14-/t16-/m1/s1. The number of hydrogen-bond acceptors (Lipinski definition) is 6. The number of carbonyl (C=O) groups is 2. The molecule has 0 N–H and O–H groups in total. The lowest BCUT2D eigenvalue weighted by Gasteiger charge is -2.10. The van der Waals surface area contributed by atoms with E-state index >= 15 is 0 Å². The maximum Gasteiger partial charge on any atom is 0.357 e. The molecular formula is C23H24N4O3. The van der Waals surface area contributed by atoms with E-state index in [9.17, 15) is 9.59 Å². The lowest BCUT2D eigenvalue weighted by Crippen LogP contribution is -2.19. The van der Waals surface area contributed by atoms with Crippen LogP contribution in [-0.4, -0.2) is 38.6 Å². The highest BCUT2D eigenvalue weighted by Gasteiger charge is 2.19. The third-order valence-electron chi connectivity index (χ3n) is 4.91. The minimum absolute atomic E-state index is 0.128. The molecule has 0 saturated heterocycles. The van der Waals surface area contributed by atoms with Gasteiger partial charge in [-0.05, 0) is 46.9 Å². The molecule has 1 heterocycles. The Hall–Kier alpha value is -3.61. The van der Waals surface area contributed by atoms with E-state index in [2.05, 4.69) is 29.4 Å². The van der Waals surface area contributed by atoms with Crippen molar-refractivity contribution in [1.29, 1.82) is 0 Å². The smallest absolute Gasteiger partial charge is 0.357 e. The third kappa shape index (κ3) is 5.05. The molecule has 0 aliphatic carbocycles. The van der Waals surface area contributed by atoms with Crippen molar-refractivity contribution in [3.8, 4) is 0 Å². The van der Waals surface area contributed by atoms with E-state index in [1.54, 1.807) is 25.1 Å². The molecular weight excluding hydrogens is 380 g/mol. The number of tetrazole rings is 1. The fourth-order valence-electron chi connectivity index (χ4n) is 2.89. The number of carbonyl (C=O) groups excluding carboxylic acids is 2. The number of Topliss-reactive ketones (excluding diaryl/α,β-unsaturated/α-hetero) is 1. The summed E-state index contributed by atoms with van der Waals surface area (Å²) in [5, 5.41) is 11.3. The lowest BCUT2D eigenvalue weighted by molar-refractivity contribution is -0.136. The van der Waals surface area contributed by atoms with Crippen molar-refractivity contribution in [2.75, 3.05) is 6.61 Å². The molecule has 7 nitrogen and oxygen atoms in total. The van der Waals surface area contributed by atoms with E-state index in [1.165, 1.54) is 10.2 Å². The molecule has 0 aliphatic heterocycles. The Balaban J connectivity index is 1.74. The van der Waals surface area contributed by atoms with Crippen LogP contribution in [0.15, 0.2) is 54.6 Å². The van der Waals surface area contributed by atoms with Crippen LogP contribution < -0.4 is 0 Å². The van der Waals surface area contributed by atoms with E-state index in [0.29, 0.717) is 17.3 Å². The van der Waals surface area contributed by atoms with Crippen LogP contribution in [0.4, 0.5) is 0 Å². The molecule has 1 atom stereocenters. The van der Waals surface area contributed by atoms with Gasteiger partial charge in [-0.1, -0.05) is 68.4 Å². The topological polar surface area (TPSA) is 87.0 Å². The van der Waals surface area contributed by atoms with E-state index in [0.717, 1.165) is 12.0 Å². The zero-order valence-electron chi connectivity index (χ0n) is 17.3. The molecule has 1 aromatic heterocycles. The molecule has 0 radical (unpaired) electrons. The van der Waals surface area contributed by atoms with Gasteiger partial charge < -0.3 is 4.74 Å². The van der Waals surface area contributed by atoms with Crippen molar-refractivity contribution in [3.05, 3.63) is 77.1 Å². The van der Waals surface area contributed by atoms with Gasteiger partial charge >= 0.3 is 5.97 Å². The van der Waals surface area contributed by atoms with Gasteiger partial charge in [0.15, 0.2) is 23.9 Å². The van der Waals surface area contributed by atoms with Gasteiger partial charge in [-0.25, -0.2) is 4.79 Å². The number of hydrogen-bond donors (Lipinski definition) is 0. The van der Waals surface area contributed by atoms with Gasteiger partial charge in [-0.2, -0.15) is 4.68 Å². The second-order valence-corrected chi connectivity index (χ2v) is 7.01.